The molecule has 2 aromatic rings. The second-order valence-corrected chi connectivity index (χ2v) is 6.71. The van der Waals surface area contributed by atoms with Gasteiger partial charge in [0.1, 0.15) is 0 Å². The molecule has 2 amide bonds. The highest BCUT2D eigenvalue weighted by molar-refractivity contribution is 6.44. The summed E-state index contributed by atoms with van der Waals surface area (Å²) in [6, 6.07) is 10.8. The summed E-state index contributed by atoms with van der Waals surface area (Å²) < 4.78 is 9.43. The van der Waals surface area contributed by atoms with E-state index in [2.05, 4.69) is 15.4 Å². The Labute approximate surface area is 182 Å². The van der Waals surface area contributed by atoms with Gasteiger partial charge < -0.3 is 20.1 Å². The molecule has 0 aliphatic heterocycles. The van der Waals surface area contributed by atoms with Crippen LogP contribution in [0.5, 0.6) is 0 Å². The van der Waals surface area contributed by atoms with Crippen molar-refractivity contribution >= 4 is 58.3 Å². The van der Waals surface area contributed by atoms with Crippen LogP contribution in [0.25, 0.3) is 0 Å². The minimum atomic E-state index is -0.710. The first-order valence-electron chi connectivity index (χ1n) is 8.68. The normalized spacial score (nSPS) is 10.1. The minimum absolute atomic E-state index is 0.154. The van der Waals surface area contributed by atoms with Crippen molar-refractivity contribution in [1.82, 2.24) is 0 Å². The van der Waals surface area contributed by atoms with Crippen molar-refractivity contribution in [3.05, 3.63) is 58.1 Å². The molecule has 30 heavy (non-hydrogen) atoms. The number of esters is 2. The molecule has 8 nitrogen and oxygen atoms in total. The van der Waals surface area contributed by atoms with Gasteiger partial charge in [-0.05, 0) is 36.4 Å². The van der Waals surface area contributed by atoms with Gasteiger partial charge in [0.2, 0.25) is 5.91 Å². The first kappa shape index (κ1) is 23.2. The van der Waals surface area contributed by atoms with E-state index >= 15 is 0 Å². The molecule has 0 heterocycles. The van der Waals surface area contributed by atoms with E-state index in [4.69, 9.17) is 27.9 Å². The lowest BCUT2D eigenvalue weighted by molar-refractivity contribution is -0.147. The van der Waals surface area contributed by atoms with Crippen molar-refractivity contribution in [2.24, 2.45) is 0 Å². The lowest BCUT2D eigenvalue weighted by Gasteiger charge is -2.09. The van der Waals surface area contributed by atoms with E-state index in [0.717, 1.165) is 0 Å². The van der Waals surface area contributed by atoms with Crippen molar-refractivity contribution in [1.29, 1.82) is 0 Å². The average molecular weight is 453 g/mol. The summed E-state index contributed by atoms with van der Waals surface area (Å²) in [5, 5.41) is 5.55. The van der Waals surface area contributed by atoms with Crippen molar-refractivity contribution < 1.29 is 28.7 Å². The van der Waals surface area contributed by atoms with Crippen LogP contribution < -0.4 is 10.6 Å². The molecule has 0 fully saturated rings. The van der Waals surface area contributed by atoms with Gasteiger partial charge in [-0.25, -0.2) is 4.79 Å². The van der Waals surface area contributed by atoms with Gasteiger partial charge >= 0.3 is 11.9 Å². The molecule has 2 N–H and O–H groups in total. The molecule has 0 radical (unpaired) electrons. The lowest BCUT2D eigenvalue weighted by atomic mass is 10.2. The maximum absolute atomic E-state index is 11.9. The predicted molar refractivity (Wildman–Crippen MR) is 112 cm³/mol. The van der Waals surface area contributed by atoms with Crippen LogP contribution in [0.3, 0.4) is 0 Å². The summed E-state index contributed by atoms with van der Waals surface area (Å²) in [6.07, 6.45) is -0.372. The van der Waals surface area contributed by atoms with Crippen molar-refractivity contribution in [3.63, 3.8) is 0 Å². The Bertz CT molecular complexity index is 947. The molecule has 0 saturated carbocycles. The zero-order chi connectivity index (χ0) is 22.1. The number of carbonyl (C=O) groups excluding carboxylic acids is 4. The molecule has 0 aliphatic carbocycles. The SMILES string of the molecule is COC(=O)c1ccc(NC(=O)COC(=O)CCC(=O)Nc2cccc(Cl)c2Cl)cc1. The molecule has 2 rings (SSSR count). The Balaban J connectivity index is 1.72. The minimum Gasteiger partial charge on any atom is -0.465 e. The highest BCUT2D eigenvalue weighted by Gasteiger charge is 2.13. The predicted octanol–water partition coefficient (Wildman–Crippen LogP) is 3.68. The Hall–Kier alpha value is -3.10. The highest BCUT2D eigenvalue weighted by Crippen LogP contribution is 2.29. The molecule has 0 unspecified atom stereocenters. The number of hydrogen-bond donors (Lipinski definition) is 2. The van der Waals surface area contributed by atoms with Gasteiger partial charge in [-0.1, -0.05) is 29.3 Å². The molecule has 0 aromatic heterocycles. The van der Waals surface area contributed by atoms with E-state index in [1.165, 1.54) is 31.4 Å². The zero-order valence-corrected chi connectivity index (χ0v) is 17.4. The lowest BCUT2D eigenvalue weighted by Crippen LogP contribution is -2.21. The number of ether oxygens (including phenoxy) is 2. The van der Waals surface area contributed by atoms with Crippen molar-refractivity contribution in [2.45, 2.75) is 12.8 Å². The van der Waals surface area contributed by atoms with Gasteiger partial charge in [0, 0.05) is 12.1 Å². The van der Waals surface area contributed by atoms with Crippen LogP contribution in [-0.2, 0) is 23.9 Å². The van der Waals surface area contributed by atoms with Crippen LogP contribution in [0.15, 0.2) is 42.5 Å². The Kier molecular flexibility index (Phi) is 8.64. The summed E-state index contributed by atoms with van der Waals surface area (Å²) in [4.78, 5) is 46.9. The van der Waals surface area contributed by atoms with Crippen molar-refractivity contribution in [2.75, 3.05) is 24.4 Å². The van der Waals surface area contributed by atoms with Crippen LogP contribution >= 0.6 is 23.2 Å². The molecule has 10 heteroatoms. The summed E-state index contributed by atoms with van der Waals surface area (Å²) >= 11 is 11.8. The Morgan fingerprint density at radius 2 is 1.60 bits per heavy atom. The fraction of sp³-hybridized carbons (Fsp3) is 0.200. The molecule has 0 saturated heterocycles. The third kappa shape index (κ3) is 7.06. The Morgan fingerprint density at radius 3 is 2.27 bits per heavy atom. The number of anilines is 2. The van der Waals surface area contributed by atoms with E-state index in [-0.39, 0.29) is 17.9 Å². The first-order valence-corrected chi connectivity index (χ1v) is 9.43. The monoisotopic (exact) mass is 452 g/mol. The first-order chi connectivity index (χ1) is 14.3. The van der Waals surface area contributed by atoms with E-state index < -0.39 is 30.4 Å². The Morgan fingerprint density at radius 1 is 0.900 bits per heavy atom. The second-order valence-electron chi connectivity index (χ2n) is 5.93. The van der Waals surface area contributed by atoms with E-state index in [0.29, 0.717) is 22.0 Å². The van der Waals surface area contributed by atoms with Crippen LogP contribution in [0.1, 0.15) is 23.2 Å². The molecule has 2 aromatic carbocycles. The average Bonchev–Trinajstić information content (AvgIpc) is 2.74. The number of benzene rings is 2. The quantitative estimate of drug-likeness (QED) is 0.590. The molecule has 0 spiro atoms. The number of carbonyl (C=O) groups is 4. The summed E-state index contributed by atoms with van der Waals surface area (Å²) in [5.74, 6) is -2.22. The fourth-order valence-electron chi connectivity index (χ4n) is 2.25. The van der Waals surface area contributed by atoms with Gasteiger partial charge in [-0.15, -0.1) is 0 Å². The van der Waals surface area contributed by atoms with Crippen LogP contribution in [-0.4, -0.2) is 37.5 Å². The summed E-state index contributed by atoms with van der Waals surface area (Å²) in [5.41, 5.74) is 1.08. The fourth-order valence-corrected chi connectivity index (χ4v) is 2.60. The van der Waals surface area contributed by atoms with E-state index in [1.54, 1.807) is 18.2 Å². The molecular weight excluding hydrogens is 435 g/mol. The summed E-state index contributed by atoms with van der Waals surface area (Å²) in [6.45, 7) is -0.515. The molecule has 0 bridgehead atoms. The van der Waals surface area contributed by atoms with Crippen molar-refractivity contribution in [3.8, 4) is 0 Å². The molecule has 0 aliphatic rings. The number of halogens is 2. The smallest absolute Gasteiger partial charge is 0.337 e. The number of rotatable bonds is 8. The van der Waals surface area contributed by atoms with Gasteiger partial charge in [-0.3, -0.25) is 14.4 Å². The number of amides is 2. The topological polar surface area (TPSA) is 111 Å². The number of nitrogens with one attached hydrogen (secondary N) is 2. The van der Waals surface area contributed by atoms with Crippen LogP contribution in [0.2, 0.25) is 10.0 Å². The van der Waals surface area contributed by atoms with E-state index in [9.17, 15) is 19.2 Å². The number of methoxy groups -OCH3 is 1. The van der Waals surface area contributed by atoms with Gasteiger partial charge in [-0.2, -0.15) is 0 Å². The molecule has 0 atom stereocenters. The maximum atomic E-state index is 11.9. The highest BCUT2D eigenvalue weighted by atomic mass is 35.5. The largest absolute Gasteiger partial charge is 0.465 e. The van der Waals surface area contributed by atoms with Gasteiger partial charge in [0.05, 0.1) is 34.8 Å². The van der Waals surface area contributed by atoms with Crippen LogP contribution in [0.4, 0.5) is 11.4 Å². The van der Waals surface area contributed by atoms with Gasteiger partial charge in [0.15, 0.2) is 6.61 Å². The summed E-state index contributed by atoms with van der Waals surface area (Å²) in [7, 11) is 1.27. The third-order valence-electron chi connectivity index (χ3n) is 3.74. The van der Waals surface area contributed by atoms with Gasteiger partial charge in [0.25, 0.3) is 5.91 Å². The maximum Gasteiger partial charge on any atom is 0.337 e. The number of hydrogen-bond acceptors (Lipinski definition) is 6. The molecular formula is C20H18Cl2N2O6. The third-order valence-corrected chi connectivity index (χ3v) is 4.55. The van der Waals surface area contributed by atoms with E-state index in [1.807, 2.05) is 0 Å². The second kappa shape index (κ2) is 11.2. The van der Waals surface area contributed by atoms with Crippen LogP contribution in [0, 0.1) is 0 Å². The standard InChI is InChI=1S/C20H18Cl2N2O6/c1-29-20(28)12-5-7-13(8-6-12)23-17(26)11-30-18(27)10-9-16(25)24-15-4-2-3-14(21)19(15)22/h2-8H,9-11H2,1H3,(H,23,26)(H,24,25). The zero-order valence-electron chi connectivity index (χ0n) is 15.9. The molecule has 158 valence electrons.